The van der Waals surface area contributed by atoms with Crippen molar-refractivity contribution in [1.29, 1.82) is 0 Å². The number of carbonyl (C=O) groups excluding carboxylic acids is 3. The molecule has 1 atom stereocenters. The van der Waals surface area contributed by atoms with Crippen molar-refractivity contribution in [2.75, 3.05) is 11.5 Å². The van der Waals surface area contributed by atoms with E-state index >= 15 is 0 Å². The third-order valence-electron chi connectivity index (χ3n) is 4.03. The molecule has 1 rings (SSSR count). The van der Waals surface area contributed by atoms with Crippen LogP contribution in [0.1, 0.15) is 67.9 Å². The Bertz CT molecular complexity index is 830. The maximum absolute atomic E-state index is 13.3. The van der Waals surface area contributed by atoms with E-state index in [0.29, 0.717) is 11.3 Å². The third-order valence-corrected chi connectivity index (χ3v) is 4.03. The minimum absolute atomic E-state index is 0.185. The van der Waals surface area contributed by atoms with E-state index in [9.17, 15) is 14.4 Å². The first-order valence-electron chi connectivity index (χ1n) is 10.8. The SMILES string of the molecule is CCOC(=O)[C@H](C(C)C)N(C(=O)OC(C)(C)C)c1ccccc1/C=C/C(=O)OC(C)(C)C. The number of benzene rings is 1. The first kappa shape index (κ1) is 27.2. The number of anilines is 1. The smallest absolute Gasteiger partial charge is 0.415 e. The lowest BCUT2D eigenvalue weighted by atomic mass is 10.0. The van der Waals surface area contributed by atoms with Crippen molar-refractivity contribution in [2.45, 2.75) is 79.6 Å². The van der Waals surface area contributed by atoms with Crippen LogP contribution in [-0.4, -0.2) is 41.9 Å². The fraction of sp³-hybridized carbons (Fsp3) is 0.560. The van der Waals surface area contributed by atoms with Crippen LogP contribution in [-0.2, 0) is 23.8 Å². The maximum Gasteiger partial charge on any atom is 0.415 e. The summed E-state index contributed by atoms with van der Waals surface area (Å²) in [5, 5.41) is 0. The third kappa shape index (κ3) is 8.73. The van der Waals surface area contributed by atoms with Gasteiger partial charge in [-0.2, -0.15) is 0 Å². The number of ether oxygens (including phenoxy) is 3. The van der Waals surface area contributed by atoms with Gasteiger partial charge in [0.05, 0.1) is 12.3 Å². The number of esters is 2. The molecule has 178 valence electrons. The standard InChI is InChI=1S/C25H37NO6/c1-10-30-22(28)21(17(2)3)26(23(29)32-25(7,8)9)19-14-12-11-13-18(19)15-16-20(27)31-24(4,5)6/h11-17,21H,10H2,1-9H3/b16-15+/t21-/m0/s1. The molecule has 0 heterocycles. The molecule has 0 radical (unpaired) electrons. The maximum atomic E-state index is 13.3. The number of rotatable bonds is 7. The van der Waals surface area contributed by atoms with E-state index in [4.69, 9.17) is 14.2 Å². The van der Waals surface area contributed by atoms with Gasteiger partial charge in [-0.25, -0.2) is 14.4 Å². The lowest BCUT2D eigenvalue weighted by Crippen LogP contribution is -2.51. The minimum atomic E-state index is -0.916. The average Bonchev–Trinajstić information content (AvgIpc) is 2.61. The Morgan fingerprint density at radius 1 is 0.969 bits per heavy atom. The molecule has 0 aromatic heterocycles. The molecular weight excluding hydrogens is 410 g/mol. The molecule has 0 spiro atoms. The van der Waals surface area contributed by atoms with Crippen LogP contribution in [0, 0.1) is 5.92 Å². The van der Waals surface area contributed by atoms with Crippen molar-refractivity contribution in [3.05, 3.63) is 35.9 Å². The quantitative estimate of drug-likeness (QED) is 0.317. The van der Waals surface area contributed by atoms with Gasteiger partial charge in [0.25, 0.3) is 0 Å². The molecule has 7 heteroatoms. The molecule has 0 bridgehead atoms. The van der Waals surface area contributed by atoms with Gasteiger partial charge in [-0.1, -0.05) is 32.0 Å². The summed E-state index contributed by atoms with van der Waals surface area (Å²) in [6, 6.07) is 6.06. The van der Waals surface area contributed by atoms with Crippen LogP contribution in [0.4, 0.5) is 10.5 Å². The molecule has 0 saturated carbocycles. The number of hydrogen-bond acceptors (Lipinski definition) is 6. The lowest BCUT2D eigenvalue weighted by Gasteiger charge is -2.35. The highest BCUT2D eigenvalue weighted by atomic mass is 16.6. The van der Waals surface area contributed by atoms with Crippen molar-refractivity contribution in [3.63, 3.8) is 0 Å². The Hall–Kier alpha value is -2.83. The van der Waals surface area contributed by atoms with Crippen LogP contribution < -0.4 is 4.90 Å². The van der Waals surface area contributed by atoms with Crippen LogP contribution in [0.15, 0.2) is 30.3 Å². The first-order chi connectivity index (χ1) is 14.7. The molecular formula is C25H37NO6. The molecule has 0 N–H and O–H groups in total. The van der Waals surface area contributed by atoms with E-state index < -0.39 is 35.3 Å². The van der Waals surface area contributed by atoms with Crippen molar-refractivity contribution in [3.8, 4) is 0 Å². The predicted octanol–water partition coefficient (Wildman–Crippen LogP) is 5.37. The number of nitrogens with zero attached hydrogens (tertiary/aromatic N) is 1. The summed E-state index contributed by atoms with van der Waals surface area (Å²) in [6.07, 6.45) is 2.18. The molecule has 0 aliphatic carbocycles. The molecule has 1 aromatic carbocycles. The van der Waals surface area contributed by atoms with Gasteiger partial charge >= 0.3 is 18.0 Å². The molecule has 0 aliphatic heterocycles. The van der Waals surface area contributed by atoms with E-state index in [1.165, 1.54) is 11.0 Å². The second-order valence-electron chi connectivity index (χ2n) is 9.72. The van der Waals surface area contributed by atoms with Gasteiger partial charge in [0, 0.05) is 6.08 Å². The van der Waals surface area contributed by atoms with Crippen LogP contribution in [0.5, 0.6) is 0 Å². The van der Waals surface area contributed by atoms with E-state index in [2.05, 4.69) is 0 Å². The van der Waals surface area contributed by atoms with E-state index in [0.717, 1.165) is 0 Å². The van der Waals surface area contributed by atoms with Gasteiger partial charge in [0.15, 0.2) is 0 Å². The molecule has 1 aromatic rings. The Morgan fingerprint density at radius 2 is 1.53 bits per heavy atom. The largest absolute Gasteiger partial charge is 0.464 e. The van der Waals surface area contributed by atoms with E-state index in [1.54, 1.807) is 78.8 Å². The van der Waals surface area contributed by atoms with Gasteiger partial charge in [0.2, 0.25) is 0 Å². The molecule has 0 fully saturated rings. The van der Waals surface area contributed by atoms with Gasteiger partial charge in [0.1, 0.15) is 17.2 Å². The zero-order chi connectivity index (χ0) is 24.7. The van der Waals surface area contributed by atoms with Crippen molar-refractivity contribution in [1.82, 2.24) is 0 Å². The molecule has 7 nitrogen and oxygen atoms in total. The summed E-state index contributed by atoms with van der Waals surface area (Å²) in [4.78, 5) is 39.6. The number of hydrogen-bond donors (Lipinski definition) is 0. The summed E-state index contributed by atoms with van der Waals surface area (Å²) in [6.45, 7) is 16.2. The fourth-order valence-corrected chi connectivity index (χ4v) is 2.92. The average molecular weight is 448 g/mol. The summed E-state index contributed by atoms with van der Waals surface area (Å²) in [5.41, 5.74) is -0.421. The summed E-state index contributed by atoms with van der Waals surface area (Å²) >= 11 is 0. The highest BCUT2D eigenvalue weighted by molar-refractivity contribution is 5.98. The minimum Gasteiger partial charge on any atom is -0.464 e. The number of amides is 1. The van der Waals surface area contributed by atoms with Gasteiger partial charge in [-0.3, -0.25) is 4.90 Å². The zero-order valence-electron chi connectivity index (χ0n) is 20.7. The van der Waals surface area contributed by atoms with E-state index in [1.807, 2.05) is 13.8 Å². The van der Waals surface area contributed by atoms with Gasteiger partial charge in [-0.05, 0) is 72.1 Å². The summed E-state index contributed by atoms with van der Waals surface area (Å²) in [5.74, 6) is -1.30. The molecule has 1 amide bonds. The van der Waals surface area contributed by atoms with Crippen molar-refractivity contribution >= 4 is 29.8 Å². The van der Waals surface area contributed by atoms with Crippen LogP contribution >= 0.6 is 0 Å². The van der Waals surface area contributed by atoms with Crippen LogP contribution in [0.3, 0.4) is 0 Å². The monoisotopic (exact) mass is 447 g/mol. The Morgan fingerprint density at radius 3 is 2.03 bits per heavy atom. The number of para-hydroxylation sites is 1. The molecule has 0 unspecified atom stereocenters. The Labute approximate surface area is 191 Å². The summed E-state index contributed by atoms with van der Waals surface area (Å²) in [7, 11) is 0. The van der Waals surface area contributed by atoms with Crippen LogP contribution in [0.25, 0.3) is 6.08 Å². The second kappa shape index (κ2) is 11.2. The highest BCUT2D eigenvalue weighted by Crippen LogP contribution is 2.29. The second-order valence-corrected chi connectivity index (χ2v) is 9.72. The Balaban J connectivity index is 3.52. The molecule has 0 saturated heterocycles. The topological polar surface area (TPSA) is 82.1 Å². The van der Waals surface area contributed by atoms with Gasteiger partial charge < -0.3 is 14.2 Å². The fourth-order valence-electron chi connectivity index (χ4n) is 2.92. The van der Waals surface area contributed by atoms with Crippen molar-refractivity contribution in [2.24, 2.45) is 5.92 Å². The van der Waals surface area contributed by atoms with Crippen LogP contribution in [0.2, 0.25) is 0 Å². The Kier molecular flexibility index (Phi) is 9.49. The van der Waals surface area contributed by atoms with Gasteiger partial charge in [-0.15, -0.1) is 0 Å². The molecule has 0 aliphatic rings. The molecule has 32 heavy (non-hydrogen) atoms. The number of carbonyl (C=O) groups is 3. The van der Waals surface area contributed by atoms with Crippen molar-refractivity contribution < 1.29 is 28.6 Å². The highest BCUT2D eigenvalue weighted by Gasteiger charge is 2.38. The van der Waals surface area contributed by atoms with E-state index in [-0.39, 0.29) is 12.5 Å². The lowest BCUT2D eigenvalue weighted by molar-refractivity contribution is -0.148. The first-order valence-corrected chi connectivity index (χ1v) is 10.8. The zero-order valence-corrected chi connectivity index (χ0v) is 20.7. The normalized spacial score (nSPS) is 13.1. The summed E-state index contributed by atoms with van der Waals surface area (Å²) < 4.78 is 16.2. The predicted molar refractivity (Wildman–Crippen MR) is 125 cm³/mol.